The summed E-state index contributed by atoms with van der Waals surface area (Å²) in [6.07, 6.45) is 6.51. The molecule has 0 aliphatic rings. The van der Waals surface area contributed by atoms with Crippen LogP contribution in [-0.4, -0.2) is 6.54 Å². The molecule has 0 bridgehead atoms. The first-order valence-corrected chi connectivity index (χ1v) is 4.34. The van der Waals surface area contributed by atoms with E-state index in [0.717, 1.165) is 12.8 Å². The van der Waals surface area contributed by atoms with Crippen molar-refractivity contribution in [1.82, 2.24) is 0 Å². The first-order chi connectivity index (χ1) is 5.29. The van der Waals surface area contributed by atoms with Crippen LogP contribution in [0.5, 0.6) is 0 Å². The van der Waals surface area contributed by atoms with Crippen LogP contribution < -0.4 is 5.73 Å². The molecule has 0 aliphatic heterocycles. The van der Waals surface area contributed by atoms with Crippen LogP contribution in [0.25, 0.3) is 0 Å². The summed E-state index contributed by atoms with van der Waals surface area (Å²) in [5, 5.41) is 0. The summed E-state index contributed by atoms with van der Waals surface area (Å²) in [5.74, 6) is 0. The second-order valence-corrected chi connectivity index (χ2v) is 2.51. The lowest BCUT2D eigenvalue weighted by Gasteiger charge is -2.06. The molecule has 0 heterocycles. The van der Waals surface area contributed by atoms with E-state index < -0.39 is 0 Å². The quantitative estimate of drug-likeness (QED) is 0.617. The minimum absolute atomic E-state index is 0.668. The topological polar surface area (TPSA) is 26.0 Å². The fourth-order valence-electron chi connectivity index (χ4n) is 1.21. The number of hydrogen-bond donors (Lipinski definition) is 1. The van der Waals surface area contributed by atoms with Crippen LogP contribution in [0.1, 0.15) is 33.6 Å². The van der Waals surface area contributed by atoms with Gasteiger partial charge in [-0.1, -0.05) is 26.0 Å². The van der Waals surface area contributed by atoms with Gasteiger partial charge >= 0.3 is 0 Å². The standard InChI is InChI=1S/C10H19N/c1-4-7-10(8-11)9(5-2)6-3/h5,7H,4,6,8,11H2,1-3H3/b9-5-,10-7-. The van der Waals surface area contributed by atoms with Crippen molar-refractivity contribution < 1.29 is 0 Å². The monoisotopic (exact) mass is 153 g/mol. The Bertz CT molecular complexity index is 154. The Labute approximate surface area is 70.0 Å². The molecule has 0 aromatic carbocycles. The van der Waals surface area contributed by atoms with Gasteiger partial charge in [0.2, 0.25) is 0 Å². The lowest BCUT2D eigenvalue weighted by molar-refractivity contribution is 1.02. The molecule has 0 aromatic rings. The average Bonchev–Trinajstić information content (AvgIpc) is 2.05. The molecule has 0 amide bonds. The zero-order valence-corrected chi connectivity index (χ0v) is 7.85. The molecule has 0 atom stereocenters. The maximum Gasteiger partial charge on any atom is 0.0177 e. The summed E-state index contributed by atoms with van der Waals surface area (Å²) in [5.41, 5.74) is 8.29. The molecule has 64 valence electrons. The zero-order valence-electron chi connectivity index (χ0n) is 7.85. The number of allylic oxidation sites excluding steroid dienone is 2. The van der Waals surface area contributed by atoms with Crippen molar-refractivity contribution in [3.63, 3.8) is 0 Å². The van der Waals surface area contributed by atoms with E-state index in [1.165, 1.54) is 11.1 Å². The second kappa shape index (κ2) is 6.17. The van der Waals surface area contributed by atoms with Gasteiger partial charge in [0.1, 0.15) is 0 Å². The van der Waals surface area contributed by atoms with E-state index in [1.54, 1.807) is 0 Å². The van der Waals surface area contributed by atoms with Gasteiger partial charge in [0.05, 0.1) is 0 Å². The van der Waals surface area contributed by atoms with Gasteiger partial charge in [-0.25, -0.2) is 0 Å². The van der Waals surface area contributed by atoms with E-state index in [1.807, 2.05) is 0 Å². The van der Waals surface area contributed by atoms with E-state index in [4.69, 9.17) is 5.73 Å². The van der Waals surface area contributed by atoms with E-state index in [9.17, 15) is 0 Å². The van der Waals surface area contributed by atoms with Crippen molar-refractivity contribution in [2.24, 2.45) is 5.73 Å². The van der Waals surface area contributed by atoms with E-state index in [0.29, 0.717) is 6.54 Å². The largest absolute Gasteiger partial charge is 0.326 e. The summed E-state index contributed by atoms with van der Waals surface area (Å²) >= 11 is 0. The molecule has 0 aliphatic carbocycles. The third-order valence-corrected chi connectivity index (χ3v) is 1.81. The molecule has 0 spiro atoms. The Morgan fingerprint density at radius 1 is 1.27 bits per heavy atom. The van der Waals surface area contributed by atoms with Crippen LogP contribution in [0.15, 0.2) is 23.3 Å². The molecule has 1 heteroatoms. The minimum atomic E-state index is 0.668. The third kappa shape index (κ3) is 3.38. The lowest BCUT2D eigenvalue weighted by Crippen LogP contribution is -2.05. The Morgan fingerprint density at radius 3 is 2.18 bits per heavy atom. The molecule has 0 aromatic heterocycles. The van der Waals surface area contributed by atoms with E-state index in [2.05, 4.69) is 32.9 Å². The van der Waals surface area contributed by atoms with Crippen LogP contribution in [0.3, 0.4) is 0 Å². The highest BCUT2D eigenvalue weighted by atomic mass is 14.5. The fourth-order valence-corrected chi connectivity index (χ4v) is 1.21. The molecule has 0 saturated heterocycles. The van der Waals surface area contributed by atoms with Crippen LogP contribution in [-0.2, 0) is 0 Å². The molecular formula is C10H19N. The highest BCUT2D eigenvalue weighted by molar-refractivity contribution is 5.30. The van der Waals surface area contributed by atoms with Crippen molar-refractivity contribution >= 4 is 0 Å². The Morgan fingerprint density at radius 2 is 1.91 bits per heavy atom. The van der Waals surface area contributed by atoms with Crippen LogP contribution in [0.4, 0.5) is 0 Å². The third-order valence-electron chi connectivity index (χ3n) is 1.81. The summed E-state index contributed by atoms with van der Waals surface area (Å²) in [6, 6.07) is 0. The molecule has 0 rings (SSSR count). The van der Waals surface area contributed by atoms with Crippen LogP contribution in [0.2, 0.25) is 0 Å². The number of nitrogens with two attached hydrogens (primary N) is 1. The van der Waals surface area contributed by atoms with Crippen molar-refractivity contribution in [2.75, 3.05) is 6.54 Å². The first kappa shape index (κ1) is 10.4. The van der Waals surface area contributed by atoms with E-state index in [-0.39, 0.29) is 0 Å². The predicted molar refractivity (Wildman–Crippen MR) is 51.5 cm³/mol. The maximum absolute atomic E-state index is 5.60. The van der Waals surface area contributed by atoms with Crippen molar-refractivity contribution in [2.45, 2.75) is 33.6 Å². The van der Waals surface area contributed by atoms with Gasteiger partial charge in [-0.2, -0.15) is 0 Å². The number of hydrogen-bond acceptors (Lipinski definition) is 1. The van der Waals surface area contributed by atoms with Gasteiger partial charge in [-0.05, 0) is 30.9 Å². The molecule has 0 fully saturated rings. The van der Waals surface area contributed by atoms with E-state index >= 15 is 0 Å². The first-order valence-electron chi connectivity index (χ1n) is 4.34. The van der Waals surface area contributed by atoms with Gasteiger partial charge in [-0.3, -0.25) is 0 Å². The predicted octanol–water partition coefficient (Wildman–Crippen LogP) is 2.64. The smallest absolute Gasteiger partial charge is 0.0177 e. The normalized spacial score (nSPS) is 13.8. The highest BCUT2D eigenvalue weighted by Gasteiger charge is 1.97. The van der Waals surface area contributed by atoms with Crippen molar-refractivity contribution in [3.05, 3.63) is 23.3 Å². The van der Waals surface area contributed by atoms with Crippen molar-refractivity contribution in [1.29, 1.82) is 0 Å². The molecule has 11 heavy (non-hydrogen) atoms. The Kier molecular flexibility index (Phi) is 5.86. The summed E-state index contributed by atoms with van der Waals surface area (Å²) in [4.78, 5) is 0. The van der Waals surface area contributed by atoms with Crippen LogP contribution >= 0.6 is 0 Å². The molecule has 0 saturated carbocycles. The average molecular weight is 153 g/mol. The molecule has 0 radical (unpaired) electrons. The van der Waals surface area contributed by atoms with Gasteiger partial charge in [0, 0.05) is 6.54 Å². The highest BCUT2D eigenvalue weighted by Crippen LogP contribution is 2.12. The van der Waals surface area contributed by atoms with Gasteiger partial charge < -0.3 is 5.73 Å². The summed E-state index contributed by atoms with van der Waals surface area (Å²) < 4.78 is 0. The summed E-state index contributed by atoms with van der Waals surface area (Å²) in [7, 11) is 0. The van der Waals surface area contributed by atoms with Crippen molar-refractivity contribution in [3.8, 4) is 0 Å². The Balaban J connectivity index is 4.35. The lowest BCUT2D eigenvalue weighted by atomic mass is 10.0. The zero-order chi connectivity index (χ0) is 8.69. The SMILES string of the molecule is C/C=C(CC)\C(=C/CC)CN. The fraction of sp³-hybridized carbons (Fsp3) is 0.600. The molecular weight excluding hydrogens is 134 g/mol. The van der Waals surface area contributed by atoms with Gasteiger partial charge in [0.25, 0.3) is 0 Å². The maximum atomic E-state index is 5.60. The van der Waals surface area contributed by atoms with Gasteiger partial charge in [-0.15, -0.1) is 0 Å². The second-order valence-electron chi connectivity index (χ2n) is 2.51. The molecule has 1 nitrogen and oxygen atoms in total. The number of rotatable bonds is 4. The molecule has 0 unspecified atom stereocenters. The van der Waals surface area contributed by atoms with Crippen LogP contribution in [0, 0.1) is 0 Å². The summed E-state index contributed by atoms with van der Waals surface area (Å²) in [6.45, 7) is 7.03. The minimum Gasteiger partial charge on any atom is -0.326 e. The van der Waals surface area contributed by atoms with Gasteiger partial charge in [0.15, 0.2) is 0 Å². The molecule has 2 N–H and O–H groups in total. The Hall–Kier alpha value is -0.560.